The fraction of sp³-hybridized carbons (Fsp3) is 0.176. The lowest BCUT2D eigenvalue weighted by atomic mass is 10.3. The van der Waals surface area contributed by atoms with Crippen molar-refractivity contribution in [3.63, 3.8) is 0 Å². The molecule has 4 nitrogen and oxygen atoms in total. The van der Waals surface area contributed by atoms with Crippen LogP contribution in [0.5, 0.6) is 0 Å². The molecule has 3 rings (SSSR count). The number of rotatable bonds is 4. The van der Waals surface area contributed by atoms with Gasteiger partial charge in [-0.1, -0.05) is 22.9 Å². The Balaban J connectivity index is 1.92. The van der Waals surface area contributed by atoms with Crippen LogP contribution in [-0.4, -0.2) is 27.2 Å². The van der Waals surface area contributed by atoms with Gasteiger partial charge in [0, 0.05) is 28.6 Å². The summed E-state index contributed by atoms with van der Waals surface area (Å²) < 4.78 is 3.00. The average Bonchev–Trinajstić information content (AvgIpc) is 3.09. The molecule has 23 heavy (non-hydrogen) atoms. The molecule has 0 bridgehead atoms. The van der Waals surface area contributed by atoms with Crippen molar-refractivity contribution in [1.29, 1.82) is 0 Å². The maximum absolute atomic E-state index is 12.3. The highest BCUT2D eigenvalue weighted by Crippen LogP contribution is 2.32. The fourth-order valence-electron chi connectivity index (χ4n) is 2.40. The van der Waals surface area contributed by atoms with Gasteiger partial charge in [-0.2, -0.15) is 0 Å². The monoisotopic (exact) mass is 390 g/mol. The SMILES string of the molecule is CCCN1C(=O)S/C(=C/c2cccn2-c2ccc(Br)cc2)C1=O. The van der Waals surface area contributed by atoms with Gasteiger partial charge in [-0.05, 0) is 60.7 Å². The molecule has 1 aliphatic heterocycles. The first-order chi connectivity index (χ1) is 11.1. The van der Waals surface area contributed by atoms with E-state index in [1.54, 1.807) is 6.08 Å². The lowest BCUT2D eigenvalue weighted by Crippen LogP contribution is -2.28. The Labute approximate surface area is 147 Å². The molecule has 0 N–H and O–H groups in total. The van der Waals surface area contributed by atoms with Crippen LogP contribution in [0.1, 0.15) is 19.0 Å². The van der Waals surface area contributed by atoms with E-state index in [9.17, 15) is 9.59 Å². The Morgan fingerprint density at radius 2 is 1.91 bits per heavy atom. The number of nitrogens with zero attached hydrogens (tertiary/aromatic N) is 2. The molecule has 1 aromatic heterocycles. The van der Waals surface area contributed by atoms with E-state index in [1.165, 1.54) is 4.90 Å². The van der Waals surface area contributed by atoms with Gasteiger partial charge in [0.25, 0.3) is 11.1 Å². The van der Waals surface area contributed by atoms with Crippen molar-refractivity contribution < 1.29 is 9.59 Å². The molecule has 0 aliphatic carbocycles. The minimum atomic E-state index is -0.203. The molecule has 2 amide bonds. The van der Waals surface area contributed by atoms with Crippen LogP contribution in [0.4, 0.5) is 4.79 Å². The normalized spacial score (nSPS) is 16.6. The Morgan fingerprint density at radius 3 is 2.61 bits per heavy atom. The van der Waals surface area contributed by atoms with Crippen LogP contribution < -0.4 is 0 Å². The van der Waals surface area contributed by atoms with Crippen LogP contribution in [-0.2, 0) is 4.79 Å². The van der Waals surface area contributed by atoms with Gasteiger partial charge in [0.15, 0.2) is 0 Å². The van der Waals surface area contributed by atoms with E-state index in [4.69, 9.17) is 0 Å². The number of halogens is 1. The molecule has 2 aromatic rings. The number of amides is 2. The van der Waals surface area contributed by atoms with E-state index in [2.05, 4.69) is 15.9 Å². The van der Waals surface area contributed by atoms with Gasteiger partial charge in [-0.25, -0.2) is 0 Å². The fourth-order valence-corrected chi connectivity index (χ4v) is 3.51. The highest BCUT2D eigenvalue weighted by Gasteiger charge is 2.34. The number of hydrogen-bond donors (Lipinski definition) is 0. The second kappa shape index (κ2) is 6.76. The standard InChI is InChI=1S/C17H15BrN2O2S/c1-2-9-20-16(21)15(23-17(20)22)11-14-4-3-10-19(14)13-7-5-12(18)6-8-13/h3-8,10-11H,2,9H2,1H3/b15-11+. The first kappa shape index (κ1) is 16.1. The zero-order valence-corrected chi connectivity index (χ0v) is 14.9. The molecular weight excluding hydrogens is 376 g/mol. The summed E-state index contributed by atoms with van der Waals surface area (Å²) in [6, 6.07) is 11.8. The van der Waals surface area contributed by atoms with Crippen LogP contribution >= 0.6 is 27.7 Å². The number of thioether (sulfide) groups is 1. The molecule has 0 atom stereocenters. The highest BCUT2D eigenvalue weighted by molar-refractivity contribution is 9.10. The highest BCUT2D eigenvalue weighted by atomic mass is 79.9. The summed E-state index contributed by atoms with van der Waals surface area (Å²) in [5, 5.41) is -0.190. The maximum atomic E-state index is 12.3. The second-order valence-corrected chi connectivity index (χ2v) is 7.02. The summed E-state index contributed by atoms with van der Waals surface area (Å²) in [6.45, 7) is 2.42. The maximum Gasteiger partial charge on any atom is 0.293 e. The zero-order valence-electron chi connectivity index (χ0n) is 12.5. The topological polar surface area (TPSA) is 42.3 Å². The average molecular weight is 391 g/mol. The van der Waals surface area contributed by atoms with E-state index in [0.29, 0.717) is 11.4 Å². The molecular formula is C17H15BrN2O2S. The molecule has 0 spiro atoms. The Bertz CT molecular complexity index is 780. The molecule has 118 valence electrons. The third kappa shape index (κ3) is 3.28. The Morgan fingerprint density at radius 1 is 1.17 bits per heavy atom. The van der Waals surface area contributed by atoms with Gasteiger partial charge in [0.1, 0.15) is 0 Å². The van der Waals surface area contributed by atoms with Crippen molar-refractivity contribution in [1.82, 2.24) is 9.47 Å². The summed E-state index contributed by atoms with van der Waals surface area (Å²) in [4.78, 5) is 26.0. The smallest absolute Gasteiger partial charge is 0.293 e. The molecule has 1 saturated heterocycles. The number of carbonyl (C=O) groups excluding carboxylic acids is 2. The quantitative estimate of drug-likeness (QED) is 0.711. The number of benzene rings is 1. The molecule has 0 radical (unpaired) electrons. The van der Waals surface area contributed by atoms with Crippen LogP contribution in [0, 0.1) is 0 Å². The molecule has 1 aromatic carbocycles. The number of imide groups is 1. The van der Waals surface area contributed by atoms with E-state index in [1.807, 2.05) is 54.1 Å². The van der Waals surface area contributed by atoms with Crippen LogP contribution in [0.2, 0.25) is 0 Å². The summed E-state index contributed by atoms with van der Waals surface area (Å²) in [5.74, 6) is -0.203. The van der Waals surface area contributed by atoms with Crippen LogP contribution in [0.3, 0.4) is 0 Å². The third-order valence-electron chi connectivity index (χ3n) is 3.48. The number of aromatic nitrogens is 1. The largest absolute Gasteiger partial charge is 0.317 e. The van der Waals surface area contributed by atoms with Crippen molar-refractivity contribution >= 4 is 44.9 Å². The lowest BCUT2D eigenvalue weighted by molar-refractivity contribution is -0.122. The summed E-state index contributed by atoms with van der Waals surface area (Å²) in [5.41, 5.74) is 1.87. The van der Waals surface area contributed by atoms with Gasteiger partial charge in [0.05, 0.1) is 4.91 Å². The molecule has 1 fully saturated rings. The van der Waals surface area contributed by atoms with Crippen molar-refractivity contribution in [3.8, 4) is 5.69 Å². The zero-order chi connectivity index (χ0) is 16.4. The Kier molecular flexibility index (Phi) is 4.73. The second-order valence-electron chi connectivity index (χ2n) is 5.11. The third-order valence-corrected chi connectivity index (χ3v) is 4.92. The molecule has 2 heterocycles. The molecule has 0 saturated carbocycles. The predicted octanol–water partition coefficient (Wildman–Crippen LogP) is 4.69. The molecule has 0 unspecified atom stereocenters. The predicted molar refractivity (Wildman–Crippen MR) is 96.4 cm³/mol. The summed E-state index contributed by atoms with van der Waals surface area (Å²) >= 11 is 4.43. The summed E-state index contributed by atoms with van der Waals surface area (Å²) in [6.07, 6.45) is 4.48. The van der Waals surface area contributed by atoms with E-state index >= 15 is 0 Å². The van der Waals surface area contributed by atoms with E-state index in [-0.39, 0.29) is 11.1 Å². The summed E-state index contributed by atoms with van der Waals surface area (Å²) in [7, 11) is 0. The molecule has 6 heteroatoms. The van der Waals surface area contributed by atoms with Gasteiger partial charge < -0.3 is 4.57 Å². The van der Waals surface area contributed by atoms with Gasteiger partial charge in [-0.3, -0.25) is 14.5 Å². The van der Waals surface area contributed by atoms with E-state index in [0.717, 1.165) is 34.0 Å². The molecule has 1 aliphatic rings. The Hall–Kier alpha value is -1.79. The van der Waals surface area contributed by atoms with E-state index < -0.39 is 0 Å². The minimum absolute atomic E-state index is 0.190. The van der Waals surface area contributed by atoms with Gasteiger partial charge >= 0.3 is 0 Å². The van der Waals surface area contributed by atoms with Gasteiger partial charge in [-0.15, -0.1) is 0 Å². The number of hydrogen-bond acceptors (Lipinski definition) is 3. The van der Waals surface area contributed by atoms with Crippen molar-refractivity contribution in [2.75, 3.05) is 6.54 Å². The van der Waals surface area contributed by atoms with Crippen LogP contribution in [0.25, 0.3) is 11.8 Å². The van der Waals surface area contributed by atoms with Crippen LogP contribution in [0.15, 0.2) is 52.0 Å². The lowest BCUT2D eigenvalue weighted by Gasteiger charge is -2.10. The van der Waals surface area contributed by atoms with Crippen molar-refractivity contribution in [2.45, 2.75) is 13.3 Å². The minimum Gasteiger partial charge on any atom is -0.317 e. The van der Waals surface area contributed by atoms with Crippen molar-refractivity contribution in [2.24, 2.45) is 0 Å². The first-order valence-electron chi connectivity index (χ1n) is 7.29. The number of carbonyl (C=O) groups is 2. The first-order valence-corrected chi connectivity index (χ1v) is 8.89. The van der Waals surface area contributed by atoms with Gasteiger partial charge in [0.2, 0.25) is 0 Å². The van der Waals surface area contributed by atoms with Crippen molar-refractivity contribution in [3.05, 3.63) is 57.7 Å².